The highest BCUT2D eigenvalue weighted by Gasteiger charge is 2.23. The third kappa shape index (κ3) is 4.48. The van der Waals surface area contributed by atoms with Gasteiger partial charge in [0.25, 0.3) is 0 Å². The minimum atomic E-state index is 0.185. The molecule has 0 aliphatic carbocycles. The Labute approximate surface area is 269 Å². The Kier molecular flexibility index (Phi) is 6.89. The van der Waals surface area contributed by atoms with Gasteiger partial charge in [0.1, 0.15) is 77.6 Å². The molecule has 11 heteroatoms. The molecule has 4 nitrogen and oxygen atoms in total. The van der Waals surface area contributed by atoms with Gasteiger partial charge in [0.05, 0.1) is 0 Å². The maximum Gasteiger partial charge on any atom is 0.146 e. The molecule has 0 spiro atoms. The summed E-state index contributed by atoms with van der Waals surface area (Å²) in [5.74, 6) is 0.419. The Bertz CT molecular complexity index is 2290. The molecular weight excluding hydrogens is 546 g/mol. The number of furan rings is 1. The van der Waals surface area contributed by atoms with Crippen LogP contribution in [-0.4, -0.2) is 65.1 Å². The summed E-state index contributed by atoms with van der Waals surface area (Å²) in [6, 6.07) is 27.3. The molecule has 3 N–H and O–H groups in total. The van der Waals surface area contributed by atoms with E-state index in [1.54, 1.807) is 0 Å². The smallest absolute Gasteiger partial charge is 0.146 e. The second-order valence-corrected chi connectivity index (χ2v) is 12.4. The second kappa shape index (κ2) is 10.7. The lowest BCUT2D eigenvalue weighted by atomic mass is 9.62. The Hall–Kier alpha value is -4.77. The Balaban J connectivity index is 1.28. The zero-order chi connectivity index (χ0) is 31.7. The molecule has 0 aliphatic rings. The lowest BCUT2D eigenvalue weighted by Gasteiger charge is -2.25. The summed E-state index contributed by atoms with van der Waals surface area (Å²) in [6.45, 7) is 0. The third-order valence-corrected chi connectivity index (χ3v) is 10.0. The molecule has 210 valence electrons. The number of benzene rings is 6. The van der Waals surface area contributed by atoms with Crippen LogP contribution in [0.4, 0.5) is 11.4 Å². The van der Waals surface area contributed by atoms with E-state index in [4.69, 9.17) is 4.42 Å². The van der Waals surface area contributed by atoms with Crippen LogP contribution in [-0.2, 0) is 0 Å². The van der Waals surface area contributed by atoms with Crippen LogP contribution in [0.25, 0.3) is 55.0 Å². The normalized spacial score (nSPS) is 11.5. The number of hydrogen-bond acceptors (Lipinski definition) is 4. The number of phenolic OH excluding ortho intramolecular Hbond substituents is 2. The predicted octanol–water partition coefficient (Wildman–Crippen LogP) is -2.96. The number of nitrogens with one attached hydrogen (secondary N) is 1. The van der Waals surface area contributed by atoms with Gasteiger partial charge < -0.3 is 19.9 Å². The first-order valence-corrected chi connectivity index (χ1v) is 15.4. The first-order chi connectivity index (χ1) is 21.6. The van der Waals surface area contributed by atoms with Crippen molar-refractivity contribution in [2.45, 2.75) is 0 Å². The molecule has 0 saturated carbocycles. The van der Waals surface area contributed by atoms with Gasteiger partial charge in [-0.15, -0.1) is 5.46 Å². The summed E-state index contributed by atoms with van der Waals surface area (Å²) in [5, 5.41) is 31.0. The van der Waals surface area contributed by atoms with E-state index >= 15 is 0 Å². The fourth-order valence-corrected chi connectivity index (χ4v) is 6.86. The quantitative estimate of drug-likeness (QED) is 0.196. The molecule has 1 aromatic heterocycles. The average molecular weight is 576 g/mol. The summed E-state index contributed by atoms with van der Waals surface area (Å²) < 4.78 is 6.30. The van der Waals surface area contributed by atoms with Crippen molar-refractivity contribution in [3.8, 4) is 33.8 Å². The number of aromatic hydroxyl groups is 2. The molecule has 0 bridgehead atoms. The van der Waals surface area contributed by atoms with Crippen molar-refractivity contribution in [3.63, 3.8) is 0 Å². The zero-order valence-corrected chi connectivity index (χ0v) is 26.8. The Morgan fingerprint density at radius 3 is 1.82 bits per heavy atom. The van der Waals surface area contributed by atoms with Crippen LogP contribution in [0, 0.1) is 0 Å². The maximum absolute atomic E-state index is 11.6. The van der Waals surface area contributed by atoms with E-state index in [1.165, 1.54) is 5.39 Å². The van der Waals surface area contributed by atoms with E-state index in [9.17, 15) is 10.2 Å². The van der Waals surface area contributed by atoms with Crippen molar-refractivity contribution in [1.29, 1.82) is 0 Å². The number of phenols is 2. The van der Waals surface area contributed by atoms with E-state index in [-0.39, 0.29) is 11.5 Å². The van der Waals surface area contributed by atoms with E-state index in [2.05, 4.69) is 87.7 Å². The predicted molar refractivity (Wildman–Crippen MR) is 212 cm³/mol. The molecule has 6 aromatic carbocycles. The van der Waals surface area contributed by atoms with Crippen LogP contribution in [0.15, 0.2) is 83.3 Å². The van der Waals surface area contributed by atoms with Gasteiger partial charge in [0, 0.05) is 33.3 Å². The average Bonchev–Trinajstić information content (AvgIpc) is 3.42. The molecule has 0 saturated heterocycles. The van der Waals surface area contributed by atoms with Crippen LogP contribution >= 0.6 is 0 Å². The minimum absolute atomic E-state index is 0.185. The van der Waals surface area contributed by atoms with E-state index in [0.29, 0.717) is 11.1 Å². The Morgan fingerprint density at radius 1 is 0.533 bits per heavy atom. The molecule has 0 unspecified atom stereocenters. The number of rotatable bonds is 4. The maximum atomic E-state index is 11.6. The van der Waals surface area contributed by atoms with Crippen LogP contribution in [0.2, 0.25) is 0 Å². The van der Waals surface area contributed by atoms with E-state index < -0.39 is 0 Å². The molecule has 1 heterocycles. The first-order valence-electron chi connectivity index (χ1n) is 15.4. The largest absolute Gasteiger partial charge is 0.508 e. The molecule has 7 aromatic rings. The van der Waals surface area contributed by atoms with Crippen molar-refractivity contribution in [1.82, 2.24) is 0 Å². The van der Waals surface area contributed by atoms with Crippen LogP contribution < -0.4 is 43.6 Å². The van der Waals surface area contributed by atoms with Gasteiger partial charge in [-0.1, -0.05) is 75.8 Å². The number of anilines is 2. The summed E-state index contributed by atoms with van der Waals surface area (Å²) in [7, 11) is 14.1. The molecule has 7 rings (SSSR count). The molecule has 45 heavy (non-hydrogen) atoms. The van der Waals surface area contributed by atoms with Crippen molar-refractivity contribution in [2.75, 3.05) is 5.32 Å². The standard InChI is InChI=1S/C34H30B7NO3/c35-25-23(33(43)30(40)28(38)27(25)37)24-26(36)29(39)32(31(41)34(24)44)42-17-10-8-14(9-11-17)18-6-3-7-20-22(18)19-12-15-4-1-2-5-16(15)13-21(19)45-20/h1-13,42-44H,35-41H2. The van der Waals surface area contributed by atoms with Crippen LogP contribution in [0.5, 0.6) is 11.5 Å². The number of hydrogen-bond donors (Lipinski definition) is 3. The SMILES string of the molecule is Bc1c(B)c(B)c(-c2c(B)c(B)c(Nc3ccc(-c4cccc5oc6cc7ccccc7cc6c45)cc3)c(B)c2O)c(O)c1B. The fourth-order valence-electron chi connectivity index (χ4n) is 6.86. The van der Waals surface area contributed by atoms with E-state index in [1.807, 2.05) is 51.4 Å². The van der Waals surface area contributed by atoms with Crippen molar-refractivity contribution in [2.24, 2.45) is 0 Å². The van der Waals surface area contributed by atoms with Gasteiger partial charge in [-0.25, -0.2) is 0 Å². The molecule has 0 fully saturated rings. The highest BCUT2D eigenvalue weighted by molar-refractivity contribution is 6.65. The summed E-state index contributed by atoms with van der Waals surface area (Å²) in [5.41, 5.74) is 13.9. The van der Waals surface area contributed by atoms with E-state index in [0.717, 1.165) is 88.1 Å². The van der Waals surface area contributed by atoms with Crippen LogP contribution in [0.1, 0.15) is 0 Å². The lowest BCUT2D eigenvalue weighted by molar-refractivity contribution is 0.474. The number of fused-ring (bicyclic) bond motifs is 4. The molecule has 0 radical (unpaired) electrons. The highest BCUT2D eigenvalue weighted by Crippen LogP contribution is 2.39. The minimum Gasteiger partial charge on any atom is -0.508 e. The highest BCUT2D eigenvalue weighted by atomic mass is 16.3. The van der Waals surface area contributed by atoms with Gasteiger partial charge in [-0.2, -0.15) is 0 Å². The first kappa shape index (κ1) is 29.0. The van der Waals surface area contributed by atoms with Gasteiger partial charge >= 0.3 is 0 Å². The van der Waals surface area contributed by atoms with Crippen LogP contribution in [0.3, 0.4) is 0 Å². The second-order valence-electron chi connectivity index (χ2n) is 12.4. The van der Waals surface area contributed by atoms with Crippen molar-refractivity contribution >= 4 is 137 Å². The lowest BCUT2D eigenvalue weighted by Crippen LogP contribution is -2.49. The monoisotopic (exact) mass is 577 g/mol. The molecule has 0 amide bonds. The fraction of sp³-hybridized carbons (Fsp3) is 0. The molecular formula is C34H30B7NO3. The molecule has 0 atom stereocenters. The summed E-state index contributed by atoms with van der Waals surface area (Å²) in [6.07, 6.45) is 0. The van der Waals surface area contributed by atoms with Gasteiger partial charge in [0.2, 0.25) is 0 Å². The third-order valence-electron chi connectivity index (χ3n) is 10.0. The molecule has 0 aliphatic heterocycles. The topological polar surface area (TPSA) is 65.6 Å². The van der Waals surface area contributed by atoms with Gasteiger partial charge in [0.15, 0.2) is 0 Å². The summed E-state index contributed by atoms with van der Waals surface area (Å²) >= 11 is 0. The van der Waals surface area contributed by atoms with Crippen molar-refractivity contribution in [3.05, 3.63) is 78.9 Å². The van der Waals surface area contributed by atoms with Crippen molar-refractivity contribution < 1.29 is 14.6 Å². The van der Waals surface area contributed by atoms with Gasteiger partial charge in [-0.3, -0.25) is 0 Å². The zero-order valence-electron chi connectivity index (χ0n) is 26.8. The van der Waals surface area contributed by atoms with Gasteiger partial charge in [-0.05, 0) is 57.7 Å². The Morgan fingerprint density at radius 2 is 1.13 bits per heavy atom. The summed E-state index contributed by atoms with van der Waals surface area (Å²) in [4.78, 5) is 0.